The van der Waals surface area contributed by atoms with Gasteiger partial charge in [0, 0.05) is 35.6 Å². The van der Waals surface area contributed by atoms with E-state index < -0.39 is 0 Å². The summed E-state index contributed by atoms with van der Waals surface area (Å²) in [5.74, 6) is 0.335. The number of pyridine rings is 1. The molecule has 4 aromatic rings. The zero-order valence-corrected chi connectivity index (χ0v) is 20.9. The lowest BCUT2D eigenvalue weighted by Crippen LogP contribution is -2.31. The molecule has 2 aromatic heterocycles. The SMILES string of the molecule is O=C(c1ccc(Cn2c(SCc3ccc(F)cc3Cl)nc3ccncc32)cc1)N1CCCCCC1. The number of nitrogens with zero attached hydrogens (tertiary/aromatic N) is 4. The number of hydrogen-bond acceptors (Lipinski definition) is 4. The summed E-state index contributed by atoms with van der Waals surface area (Å²) in [7, 11) is 0. The van der Waals surface area contributed by atoms with Gasteiger partial charge in [-0.25, -0.2) is 9.37 Å². The number of carbonyl (C=O) groups is 1. The third-order valence-corrected chi connectivity index (χ3v) is 7.70. The van der Waals surface area contributed by atoms with E-state index in [1.807, 2.05) is 41.4 Å². The molecule has 1 saturated heterocycles. The summed E-state index contributed by atoms with van der Waals surface area (Å²) in [6, 6.07) is 14.2. The van der Waals surface area contributed by atoms with Gasteiger partial charge in [-0.2, -0.15) is 0 Å². The van der Waals surface area contributed by atoms with Gasteiger partial charge in [-0.1, -0.05) is 54.4 Å². The summed E-state index contributed by atoms with van der Waals surface area (Å²) in [5.41, 5.74) is 4.45. The van der Waals surface area contributed by atoms with Gasteiger partial charge in [0.25, 0.3) is 5.91 Å². The number of carbonyl (C=O) groups excluding carboxylic acids is 1. The molecule has 8 heteroatoms. The van der Waals surface area contributed by atoms with Crippen molar-refractivity contribution in [1.82, 2.24) is 19.4 Å². The maximum atomic E-state index is 13.4. The van der Waals surface area contributed by atoms with E-state index in [1.165, 1.54) is 25.0 Å². The minimum Gasteiger partial charge on any atom is -0.339 e. The van der Waals surface area contributed by atoms with Crippen LogP contribution in [0.2, 0.25) is 5.02 Å². The summed E-state index contributed by atoms with van der Waals surface area (Å²) in [6.45, 7) is 2.28. The molecule has 0 saturated carbocycles. The van der Waals surface area contributed by atoms with Gasteiger partial charge in [0.2, 0.25) is 0 Å². The molecule has 1 fully saturated rings. The minimum atomic E-state index is -0.347. The van der Waals surface area contributed by atoms with Gasteiger partial charge in [0.1, 0.15) is 5.82 Å². The third kappa shape index (κ3) is 5.52. The molecule has 0 bridgehead atoms. The first-order valence-electron chi connectivity index (χ1n) is 11.8. The Morgan fingerprint density at radius 2 is 1.80 bits per heavy atom. The lowest BCUT2D eigenvalue weighted by molar-refractivity contribution is 0.0761. The standard InChI is InChI=1S/C27H26ClFN4OS/c28-23-15-22(29)10-9-21(23)18-35-27-31-24-11-12-30-16-25(24)33(27)17-19-5-7-20(8-6-19)26(34)32-13-3-1-2-4-14-32/h5-12,15-16H,1-4,13-14,17-18H2. The zero-order chi connectivity index (χ0) is 24.2. The fraction of sp³-hybridized carbons (Fsp3) is 0.296. The van der Waals surface area contributed by atoms with E-state index in [4.69, 9.17) is 16.6 Å². The van der Waals surface area contributed by atoms with Gasteiger partial charge in [0.05, 0.1) is 23.8 Å². The first kappa shape index (κ1) is 23.8. The van der Waals surface area contributed by atoms with Crippen molar-refractivity contribution in [1.29, 1.82) is 0 Å². The second-order valence-corrected chi connectivity index (χ2v) is 10.1. The van der Waals surface area contributed by atoms with Crippen LogP contribution in [0.3, 0.4) is 0 Å². The summed E-state index contributed by atoms with van der Waals surface area (Å²) in [6.07, 6.45) is 8.10. The summed E-state index contributed by atoms with van der Waals surface area (Å²) >= 11 is 7.78. The normalized spacial score (nSPS) is 14.3. The van der Waals surface area contributed by atoms with E-state index in [0.29, 0.717) is 17.3 Å². The van der Waals surface area contributed by atoms with Crippen LogP contribution in [0.1, 0.15) is 47.2 Å². The second kappa shape index (κ2) is 10.8. The van der Waals surface area contributed by atoms with Gasteiger partial charge in [-0.3, -0.25) is 9.78 Å². The van der Waals surface area contributed by atoms with Gasteiger partial charge in [-0.05, 0) is 54.3 Å². The van der Waals surface area contributed by atoms with E-state index in [2.05, 4.69) is 9.55 Å². The Morgan fingerprint density at radius 1 is 1.03 bits per heavy atom. The number of likely N-dealkylation sites (tertiary alicyclic amines) is 1. The van der Waals surface area contributed by atoms with Gasteiger partial charge >= 0.3 is 0 Å². The van der Waals surface area contributed by atoms with E-state index in [1.54, 1.807) is 24.0 Å². The number of halogens is 2. The highest BCUT2D eigenvalue weighted by atomic mass is 35.5. The Balaban J connectivity index is 1.36. The summed E-state index contributed by atoms with van der Waals surface area (Å²) in [4.78, 5) is 24.0. The average Bonchev–Trinajstić information content (AvgIpc) is 3.02. The number of imidazole rings is 1. The van der Waals surface area contributed by atoms with Crippen LogP contribution >= 0.6 is 23.4 Å². The van der Waals surface area contributed by atoms with Crippen LogP contribution in [0.5, 0.6) is 0 Å². The number of hydrogen-bond donors (Lipinski definition) is 0. The quantitative estimate of drug-likeness (QED) is 0.276. The third-order valence-electron chi connectivity index (χ3n) is 6.32. The van der Waals surface area contributed by atoms with E-state index >= 15 is 0 Å². The Labute approximate surface area is 213 Å². The lowest BCUT2D eigenvalue weighted by atomic mass is 10.1. The average molecular weight is 509 g/mol. The van der Waals surface area contributed by atoms with Crippen LogP contribution in [-0.4, -0.2) is 38.4 Å². The Hall–Kier alpha value is -2.90. The molecular formula is C27H26ClFN4OS. The van der Waals surface area contributed by atoms with Crippen LogP contribution < -0.4 is 0 Å². The maximum Gasteiger partial charge on any atom is 0.253 e. The van der Waals surface area contributed by atoms with Crippen LogP contribution in [0.4, 0.5) is 4.39 Å². The highest BCUT2D eigenvalue weighted by Gasteiger charge is 2.18. The monoisotopic (exact) mass is 508 g/mol. The van der Waals surface area contributed by atoms with Gasteiger partial charge in [-0.15, -0.1) is 0 Å². The summed E-state index contributed by atoms with van der Waals surface area (Å²) < 4.78 is 15.5. The Bertz CT molecular complexity index is 1330. The topological polar surface area (TPSA) is 51.0 Å². The highest BCUT2D eigenvalue weighted by molar-refractivity contribution is 7.98. The number of benzene rings is 2. The molecule has 3 heterocycles. The Kier molecular flexibility index (Phi) is 7.35. The molecule has 35 heavy (non-hydrogen) atoms. The van der Waals surface area contributed by atoms with Crippen molar-refractivity contribution < 1.29 is 9.18 Å². The first-order valence-corrected chi connectivity index (χ1v) is 13.2. The molecule has 0 aliphatic carbocycles. The van der Waals surface area contributed by atoms with Gasteiger partial charge in [0.15, 0.2) is 5.16 Å². The molecule has 0 atom stereocenters. The Morgan fingerprint density at radius 3 is 2.54 bits per heavy atom. The van der Waals surface area contributed by atoms with E-state index in [-0.39, 0.29) is 11.7 Å². The molecule has 1 amide bonds. The van der Waals surface area contributed by atoms with Crippen molar-refractivity contribution in [3.05, 3.63) is 88.5 Å². The first-order chi connectivity index (χ1) is 17.1. The van der Waals surface area contributed by atoms with Gasteiger partial charge < -0.3 is 9.47 Å². The highest BCUT2D eigenvalue weighted by Crippen LogP contribution is 2.30. The van der Waals surface area contributed by atoms with Crippen molar-refractivity contribution in [2.45, 2.75) is 43.1 Å². The predicted molar refractivity (Wildman–Crippen MR) is 138 cm³/mol. The molecule has 0 spiro atoms. The zero-order valence-electron chi connectivity index (χ0n) is 19.3. The molecule has 0 radical (unpaired) electrons. The maximum absolute atomic E-state index is 13.4. The predicted octanol–water partition coefficient (Wildman–Crippen LogP) is 6.58. The molecule has 1 aliphatic rings. The molecule has 2 aromatic carbocycles. The van der Waals surface area contributed by atoms with Crippen LogP contribution in [0, 0.1) is 5.82 Å². The van der Waals surface area contributed by atoms with E-state index in [9.17, 15) is 9.18 Å². The van der Waals surface area contributed by atoms with Crippen molar-refractivity contribution in [3.63, 3.8) is 0 Å². The molecule has 5 rings (SSSR count). The minimum absolute atomic E-state index is 0.114. The van der Waals surface area contributed by atoms with Crippen molar-refractivity contribution >= 4 is 40.3 Å². The number of rotatable bonds is 6. The fourth-order valence-corrected chi connectivity index (χ4v) is 5.71. The number of thioether (sulfide) groups is 1. The number of aromatic nitrogens is 3. The van der Waals surface area contributed by atoms with Crippen molar-refractivity contribution in [3.8, 4) is 0 Å². The molecule has 0 N–H and O–H groups in total. The van der Waals surface area contributed by atoms with Crippen molar-refractivity contribution in [2.75, 3.05) is 13.1 Å². The van der Waals surface area contributed by atoms with E-state index in [0.717, 1.165) is 58.8 Å². The second-order valence-electron chi connectivity index (χ2n) is 8.77. The summed E-state index contributed by atoms with van der Waals surface area (Å²) in [5, 5.41) is 1.24. The van der Waals surface area contributed by atoms with Crippen LogP contribution in [-0.2, 0) is 12.3 Å². The molecule has 0 unspecified atom stereocenters. The fourth-order valence-electron chi connectivity index (χ4n) is 4.38. The lowest BCUT2D eigenvalue weighted by Gasteiger charge is -2.20. The number of fused-ring (bicyclic) bond motifs is 1. The number of amides is 1. The molecular weight excluding hydrogens is 483 g/mol. The van der Waals surface area contributed by atoms with Crippen LogP contribution in [0.15, 0.2) is 66.1 Å². The molecule has 5 nitrogen and oxygen atoms in total. The largest absolute Gasteiger partial charge is 0.339 e. The van der Waals surface area contributed by atoms with Crippen LogP contribution in [0.25, 0.3) is 11.0 Å². The van der Waals surface area contributed by atoms with Crippen molar-refractivity contribution in [2.24, 2.45) is 0 Å². The molecule has 1 aliphatic heterocycles. The smallest absolute Gasteiger partial charge is 0.253 e. The molecule has 180 valence electrons.